The molecule has 0 bridgehead atoms. The summed E-state index contributed by atoms with van der Waals surface area (Å²) in [6.07, 6.45) is 1.53. The number of aromatic nitrogens is 1. The Morgan fingerprint density at radius 1 is 1.04 bits per heavy atom. The summed E-state index contributed by atoms with van der Waals surface area (Å²) in [7, 11) is 0.271. The van der Waals surface area contributed by atoms with E-state index in [-0.39, 0.29) is 18.4 Å². The Bertz CT molecular complexity index is 887. The lowest BCUT2D eigenvalue weighted by Crippen LogP contribution is -2.01. The first kappa shape index (κ1) is 18.2. The van der Waals surface area contributed by atoms with Gasteiger partial charge in [0.25, 0.3) is 5.22 Å². The average molecular weight is 373 g/mol. The monoisotopic (exact) mass is 373 g/mol. The summed E-state index contributed by atoms with van der Waals surface area (Å²) >= 11 is 0. The Kier molecular flexibility index (Phi) is 5.70. The zero-order chi connectivity index (χ0) is 18.5. The molecule has 1 aromatic heterocycles. The third-order valence-electron chi connectivity index (χ3n) is 3.69. The zero-order valence-corrected chi connectivity index (χ0v) is 15.3. The average Bonchev–Trinajstić information content (AvgIpc) is 3.12. The molecule has 0 aliphatic heterocycles. The van der Waals surface area contributed by atoms with Gasteiger partial charge in [0.2, 0.25) is 0 Å². The van der Waals surface area contributed by atoms with Gasteiger partial charge in [-0.2, -0.15) is 0 Å². The van der Waals surface area contributed by atoms with Crippen LogP contribution in [-0.2, 0) is 10.8 Å². The molecule has 0 aliphatic rings. The maximum atomic E-state index is 11.8. The SMILES string of the molecule is COc1ccc(-c2nc(S(C)=O)oc2-c2ccc(OCCO)cc2)cc1. The Morgan fingerprint density at radius 3 is 2.23 bits per heavy atom. The van der Waals surface area contributed by atoms with Crippen LogP contribution in [0, 0.1) is 0 Å². The number of benzene rings is 2. The molecule has 0 spiro atoms. The van der Waals surface area contributed by atoms with Gasteiger partial charge in [0.15, 0.2) is 5.76 Å². The number of ether oxygens (including phenoxy) is 2. The van der Waals surface area contributed by atoms with E-state index in [1.54, 1.807) is 19.2 Å². The van der Waals surface area contributed by atoms with Crippen molar-refractivity contribution in [3.63, 3.8) is 0 Å². The summed E-state index contributed by atoms with van der Waals surface area (Å²) in [5, 5.41) is 9.00. The topological polar surface area (TPSA) is 81.8 Å². The lowest BCUT2D eigenvalue weighted by Gasteiger charge is -2.06. The smallest absolute Gasteiger partial charge is 0.287 e. The van der Waals surface area contributed by atoms with Crippen molar-refractivity contribution in [1.29, 1.82) is 0 Å². The van der Waals surface area contributed by atoms with E-state index >= 15 is 0 Å². The lowest BCUT2D eigenvalue weighted by molar-refractivity contribution is 0.201. The van der Waals surface area contributed by atoms with Gasteiger partial charge in [-0.1, -0.05) is 0 Å². The van der Waals surface area contributed by atoms with Crippen molar-refractivity contribution in [1.82, 2.24) is 4.98 Å². The first-order valence-electron chi connectivity index (χ1n) is 7.95. The molecule has 26 heavy (non-hydrogen) atoms. The number of nitrogens with zero attached hydrogens (tertiary/aromatic N) is 1. The van der Waals surface area contributed by atoms with Crippen LogP contribution in [0.2, 0.25) is 0 Å². The van der Waals surface area contributed by atoms with Gasteiger partial charge in [-0.25, -0.2) is 9.19 Å². The van der Waals surface area contributed by atoms with Gasteiger partial charge in [0.1, 0.15) is 34.6 Å². The lowest BCUT2D eigenvalue weighted by atomic mass is 10.1. The second-order valence-electron chi connectivity index (χ2n) is 5.44. The minimum Gasteiger partial charge on any atom is -0.497 e. The van der Waals surface area contributed by atoms with Gasteiger partial charge in [-0.05, 0) is 48.5 Å². The van der Waals surface area contributed by atoms with E-state index in [9.17, 15) is 4.21 Å². The first-order valence-corrected chi connectivity index (χ1v) is 9.51. The minimum atomic E-state index is -1.34. The Hall–Kier alpha value is -2.64. The first-order chi connectivity index (χ1) is 12.6. The number of methoxy groups -OCH3 is 1. The highest BCUT2D eigenvalue weighted by atomic mass is 32.2. The van der Waals surface area contributed by atoms with Crippen LogP contribution in [0.25, 0.3) is 22.6 Å². The predicted octanol–water partition coefficient (Wildman–Crippen LogP) is 3.13. The number of aliphatic hydroxyl groups excluding tert-OH is 1. The van der Waals surface area contributed by atoms with Gasteiger partial charge in [0.05, 0.1) is 13.7 Å². The molecule has 1 N–H and O–H groups in total. The van der Waals surface area contributed by atoms with Gasteiger partial charge >= 0.3 is 0 Å². The molecule has 0 amide bonds. The zero-order valence-electron chi connectivity index (χ0n) is 14.5. The summed E-state index contributed by atoms with van der Waals surface area (Å²) in [6, 6.07) is 14.7. The van der Waals surface area contributed by atoms with Crippen LogP contribution in [0.1, 0.15) is 0 Å². The van der Waals surface area contributed by atoms with Crippen LogP contribution in [-0.4, -0.2) is 40.9 Å². The maximum Gasteiger partial charge on any atom is 0.287 e. The van der Waals surface area contributed by atoms with E-state index in [4.69, 9.17) is 19.0 Å². The van der Waals surface area contributed by atoms with E-state index in [2.05, 4.69) is 4.98 Å². The van der Waals surface area contributed by atoms with Crippen molar-refractivity contribution in [2.45, 2.75) is 5.22 Å². The van der Waals surface area contributed by atoms with E-state index in [0.29, 0.717) is 17.2 Å². The molecule has 0 aliphatic carbocycles. The molecule has 2 aromatic carbocycles. The molecule has 1 atom stereocenters. The van der Waals surface area contributed by atoms with Gasteiger partial charge in [-0.15, -0.1) is 0 Å². The van der Waals surface area contributed by atoms with Crippen molar-refractivity contribution < 1.29 is 23.2 Å². The fraction of sp³-hybridized carbons (Fsp3) is 0.211. The highest BCUT2D eigenvalue weighted by molar-refractivity contribution is 7.84. The number of aliphatic hydroxyl groups is 1. The molecule has 3 rings (SSSR count). The third-order valence-corrected chi connectivity index (χ3v) is 4.36. The molecule has 0 fully saturated rings. The molecule has 0 saturated heterocycles. The number of rotatable bonds is 7. The number of hydrogen-bond acceptors (Lipinski definition) is 6. The van der Waals surface area contributed by atoms with E-state index in [1.165, 1.54) is 6.26 Å². The van der Waals surface area contributed by atoms with Crippen molar-refractivity contribution >= 4 is 10.8 Å². The third kappa shape index (κ3) is 3.95. The Balaban J connectivity index is 2.00. The fourth-order valence-electron chi connectivity index (χ4n) is 2.43. The Labute approximate surface area is 153 Å². The number of hydrogen-bond donors (Lipinski definition) is 1. The molecule has 0 radical (unpaired) electrons. The molecular formula is C19H19NO5S. The second-order valence-corrected chi connectivity index (χ2v) is 6.69. The second kappa shape index (κ2) is 8.16. The summed E-state index contributed by atoms with van der Waals surface area (Å²) < 4.78 is 28.2. The van der Waals surface area contributed by atoms with Crippen LogP contribution < -0.4 is 9.47 Å². The molecule has 7 heteroatoms. The van der Waals surface area contributed by atoms with Crippen LogP contribution in [0.3, 0.4) is 0 Å². The quantitative estimate of drug-likeness (QED) is 0.685. The largest absolute Gasteiger partial charge is 0.497 e. The van der Waals surface area contributed by atoms with Crippen LogP contribution in [0.4, 0.5) is 0 Å². The van der Waals surface area contributed by atoms with Crippen LogP contribution in [0.15, 0.2) is 58.2 Å². The van der Waals surface area contributed by atoms with Crippen molar-refractivity contribution in [3.8, 4) is 34.1 Å². The van der Waals surface area contributed by atoms with Crippen LogP contribution in [0.5, 0.6) is 11.5 Å². The molecular weight excluding hydrogens is 354 g/mol. The van der Waals surface area contributed by atoms with E-state index < -0.39 is 10.8 Å². The van der Waals surface area contributed by atoms with Gasteiger partial charge in [-0.3, -0.25) is 0 Å². The van der Waals surface area contributed by atoms with E-state index in [0.717, 1.165) is 16.9 Å². The predicted molar refractivity (Wildman–Crippen MR) is 98.8 cm³/mol. The summed E-state index contributed by atoms with van der Waals surface area (Å²) in [5.41, 5.74) is 2.24. The molecule has 1 unspecified atom stereocenters. The molecule has 1 heterocycles. The maximum absolute atomic E-state index is 11.8. The van der Waals surface area contributed by atoms with Crippen LogP contribution >= 0.6 is 0 Å². The van der Waals surface area contributed by atoms with Crippen molar-refractivity contribution in [2.24, 2.45) is 0 Å². The van der Waals surface area contributed by atoms with Gasteiger partial charge < -0.3 is 19.0 Å². The Morgan fingerprint density at radius 2 is 1.65 bits per heavy atom. The normalized spacial score (nSPS) is 12.0. The molecule has 6 nitrogen and oxygen atoms in total. The summed E-state index contributed by atoms with van der Waals surface area (Å²) in [4.78, 5) is 4.41. The number of oxazole rings is 1. The standard InChI is InChI=1S/C19H19NO5S/c1-23-15-7-3-13(4-8-15)17-18(25-19(20-17)26(2)22)14-5-9-16(10-6-14)24-12-11-21/h3-10,21H,11-12H2,1-2H3. The van der Waals surface area contributed by atoms with Crippen molar-refractivity contribution in [2.75, 3.05) is 26.6 Å². The molecule has 3 aromatic rings. The summed E-state index contributed by atoms with van der Waals surface area (Å²) in [5.74, 6) is 1.92. The minimum absolute atomic E-state index is 0.0445. The molecule has 0 saturated carbocycles. The highest BCUT2D eigenvalue weighted by Crippen LogP contribution is 2.35. The van der Waals surface area contributed by atoms with Gasteiger partial charge in [0, 0.05) is 17.4 Å². The fourth-order valence-corrected chi connectivity index (χ4v) is 2.85. The highest BCUT2D eigenvalue weighted by Gasteiger charge is 2.19. The summed E-state index contributed by atoms with van der Waals surface area (Å²) in [6.45, 7) is 0.189. The van der Waals surface area contributed by atoms with Crippen molar-refractivity contribution in [3.05, 3.63) is 48.5 Å². The van der Waals surface area contributed by atoms with E-state index in [1.807, 2.05) is 36.4 Å². The molecule has 136 valence electrons.